The number of fused-ring (bicyclic) bond motifs is 1. The quantitative estimate of drug-likeness (QED) is 0.581. The summed E-state index contributed by atoms with van der Waals surface area (Å²) in [6, 6.07) is 2.10. The van der Waals surface area contributed by atoms with Gasteiger partial charge in [-0.05, 0) is 0 Å². The summed E-state index contributed by atoms with van der Waals surface area (Å²) in [6.07, 6.45) is 0.973. The zero-order valence-corrected chi connectivity index (χ0v) is 6.96. The smallest absolute Gasteiger partial charge is 0.167 e. The molecule has 0 atom stereocenters. The van der Waals surface area contributed by atoms with Gasteiger partial charge in [0.15, 0.2) is 5.69 Å². The predicted octanol–water partition coefficient (Wildman–Crippen LogP) is -0.0625. The largest absolute Gasteiger partial charge is 0.312 e. The molecule has 0 aromatic carbocycles. The van der Waals surface area contributed by atoms with Gasteiger partial charge in [-0.1, -0.05) is 0 Å². The molecule has 1 aliphatic rings. The molecule has 0 unspecified atom stereocenters. The van der Waals surface area contributed by atoms with Crippen molar-refractivity contribution in [3.63, 3.8) is 0 Å². The topological polar surface area (TPSA) is 53.6 Å². The molecule has 0 amide bonds. The van der Waals surface area contributed by atoms with Gasteiger partial charge < -0.3 is 5.32 Å². The zero-order chi connectivity index (χ0) is 8.55. The Hall–Kier alpha value is -1.34. The molecule has 62 valence electrons. The van der Waals surface area contributed by atoms with Crippen LogP contribution in [0.15, 0.2) is 0 Å². The Morgan fingerprint density at radius 2 is 2.50 bits per heavy atom. The van der Waals surface area contributed by atoms with E-state index >= 15 is 0 Å². The summed E-state index contributed by atoms with van der Waals surface area (Å²) in [7, 11) is 1.89. The van der Waals surface area contributed by atoms with Crippen LogP contribution < -0.4 is 5.32 Å². The molecule has 0 saturated heterocycles. The first-order valence-electron chi connectivity index (χ1n) is 3.98. The van der Waals surface area contributed by atoms with Crippen molar-refractivity contribution in [1.82, 2.24) is 15.1 Å². The Morgan fingerprint density at radius 1 is 1.67 bits per heavy atom. The van der Waals surface area contributed by atoms with Crippen molar-refractivity contribution in [2.24, 2.45) is 7.05 Å². The number of nitriles is 1. The highest BCUT2D eigenvalue weighted by Crippen LogP contribution is 2.16. The Labute approximate surface area is 70.8 Å². The highest BCUT2D eigenvalue weighted by molar-refractivity contribution is 5.36. The average Bonchev–Trinajstić information content (AvgIpc) is 2.44. The van der Waals surface area contributed by atoms with Gasteiger partial charge in [0.2, 0.25) is 0 Å². The third kappa shape index (κ3) is 0.908. The van der Waals surface area contributed by atoms with Crippen LogP contribution in [0.2, 0.25) is 0 Å². The van der Waals surface area contributed by atoms with Gasteiger partial charge in [0, 0.05) is 37.8 Å². The normalized spacial score (nSPS) is 15.3. The molecule has 4 heteroatoms. The van der Waals surface area contributed by atoms with Crippen LogP contribution in [0.1, 0.15) is 17.0 Å². The lowest BCUT2D eigenvalue weighted by Crippen LogP contribution is -2.24. The Morgan fingerprint density at radius 3 is 3.25 bits per heavy atom. The fourth-order valence-corrected chi connectivity index (χ4v) is 1.61. The van der Waals surface area contributed by atoms with Gasteiger partial charge >= 0.3 is 0 Å². The molecule has 12 heavy (non-hydrogen) atoms. The summed E-state index contributed by atoms with van der Waals surface area (Å²) < 4.78 is 1.81. The number of rotatable bonds is 0. The molecule has 0 bridgehead atoms. The van der Waals surface area contributed by atoms with E-state index in [9.17, 15) is 0 Å². The zero-order valence-electron chi connectivity index (χ0n) is 6.96. The fourth-order valence-electron chi connectivity index (χ4n) is 1.61. The number of hydrogen-bond acceptors (Lipinski definition) is 3. The lowest BCUT2D eigenvalue weighted by molar-refractivity contribution is 0.604. The van der Waals surface area contributed by atoms with Gasteiger partial charge in [-0.3, -0.25) is 4.68 Å². The minimum absolute atomic E-state index is 0.569. The van der Waals surface area contributed by atoms with E-state index in [1.807, 2.05) is 11.7 Å². The lowest BCUT2D eigenvalue weighted by atomic mass is 10.1. The van der Waals surface area contributed by atoms with Crippen molar-refractivity contribution in [3.05, 3.63) is 17.0 Å². The van der Waals surface area contributed by atoms with Crippen molar-refractivity contribution in [2.75, 3.05) is 6.54 Å². The van der Waals surface area contributed by atoms with Gasteiger partial charge in [-0.15, -0.1) is 0 Å². The average molecular weight is 162 g/mol. The van der Waals surface area contributed by atoms with E-state index in [2.05, 4.69) is 16.5 Å². The maximum atomic E-state index is 8.75. The third-order valence-corrected chi connectivity index (χ3v) is 2.22. The molecule has 1 aliphatic heterocycles. The second-order valence-corrected chi connectivity index (χ2v) is 2.94. The van der Waals surface area contributed by atoms with Gasteiger partial charge in [0.25, 0.3) is 0 Å². The van der Waals surface area contributed by atoms with Crippen LogP contribution in [0.4, 0.5) is 0 Å². The molecule has 1 aromatic rings. The van der Waals surface area contributed by atoms with Crippen molar-refractivity contribution in [1.29, 1.82) is 5.26 Å². The maximum Gasteiger partial charge on any atom is 0.167 e. The summed E-state index contributed by atoms with van der Waals surface area (Å²) in [4.78, 5) is 0. The Balaban J connectivity index is 2.56. The molecular weight excluding hydrogens is 152 g/mol. The van der Waals surface area contributed by atoms with E-state index in [1.54, 1.807) is 0 Å². The molecule has 1 N–H and O–H groups in total. The van der Waals surface area contributed by atoms with Gasteiger partial charge in [0.05, 0.1) is 0 Å². The van der Waals surface area contributed by atoms with Crippen LogP contribution in [-0.4, -0.2) is 16.3 Å². The van der Waals surface area contributed by atoms with Crippen LogP contribution in [-0.2, 0) is 20.0 Å². The first kappa shape index (κ1) is 7.32. The van der Waals surface area contributed by atoms with Crippen LogP contribution in [0, 0.1) is 11.3 Å². The maximum absolute atomic E-state index is 8.75. The summed E-state index contributed by atoms with van der Waals surface area (Å²) in [6.45, 7) is 1.77. The Kier molecular flexibility index (Phi) is 1.59. The van der Waals surface area contributed by atoms with E-state index in [-0.39, 0.29) is 0 Å². The molecule has 0 spiro atoms. The highest BCUT2D eigenvalue weighted by Gasteiger charge is 2.18. The second-order valence-electron chi connectivity index (χ2n) is 2.94. The minimum atomic E-state index is 0.569. The van der Waals surface area contributed by atoms with Gasteiger partial charge in [-0.2, -0.15) is 10.4 Å². The van der Waals surface area contributed by atoms with Crippen molar-refractivity contribution in [2.45, 2.75) is 13.0 Å². The van der Waals surface area contributed by atoms with Crippen molar-refractivity contribution in [3.8, 4) is 6.07 Å². The van der Waals surface area contributed by atoms with E-state index in [0.29, 0.717) is 5.69 Å². The summed E-state index contributed by atoms with van der Waals surface area (Å²) >= 11 is 0. The van der Waals surface area contributed by atoms with Crippen LogP contribution in [0.5, 0.6) is 0 Å². The molecule has 2 rings (SSSR count). The van der Waals surface area contributed by atoms with E-state index in [4.69, 9.17) is 5.26 Å². The molecule has 0 fully saturated rings. The monoisotopic (exact) mass is 162 g/mol. The number of aryl methyl sites for hydroxylation is 1. The highest BCUT2D eigenvalue weighted by atomic mass is 15.3. The minimum Gasteiger partial charge on any atom is -0.312 e. The van der Waals surface area contributed by atoms with Crippen molar-refractivity contribution >= 4 is 0 Å². The fraction of sp³-hybridized carbons (Fsp3) is 0.500. The molecule has 4 nitrogen and oxygen atoms in total. The summed E-state index contributed by atoms with van der Waals surface area (Å²) in [5.74, 6) is 0. The molecule has 0 aliphatic carbocycles. The summed E-state index contributed by atoms with van der Waals surface area (Å²) in [5.41, 5.74) is 2.84. The van der Waals surface area contributed by atoms with Crippen molar-refractivity contribution < 1.29 is 0 Å². The van der Waals surface area contributed by atoms with E-state index in [0.717, 1.165) is 25.1 Å². The van der Waals surface area contributed by atoms with Crippen LogP contribution in [0.3, 0.4) is 0 Å². The first-order valence-corrected chi connectivity index (χ1v) is 3.98. The lowest BCUT2D eigenvalue weighted by Gasteiger charge is -2.12. The predicted molar refractivity (Wildman–Crippen MR) is 43.3 cm³/mol. The first-order chi connectivity index (χ1) is 5.83. The molecule has 0 radical (unpaired) electrons. The van der Waals surface area contributed by atoms with Gasteiger partial charge in [-0.25, -0.2) is 0 Å². The number of hydrogen-bond donors (Lipinski definition) is 1. The number of aromatic nitrogens is 2. The molecule has 0 saturated carbocycles. The van der Waals surface area contributed by atoms with Crippen LogP contribution >= 0.6 is 0 Å². The third-order valence-electron chi connectivity index (χ3n) is 2.22. The Bertz CT molecular complexity index is 345. The molecule has 2 heterocycles. The summed E-state index contributed by atoms with van der Waals surface area (Å²) in [5, 5.41) is 16.1. The van der Waals surface area contributed by atoms with E-state index in [1.165, 1.54) is 5.69 Å². The number of nitrogens with zero attached hydrogens (tertiary/aromatic N) is 3. The van der Waals surface area contributed by atoms with Gasteiger partial charge in [0.1, 0.15) is 6.07 Å². The van der Waals surface area contributed by atoms with E-state index < -0.39 is 0 Å². The standard InChI is InChI=1S/C8H10N4/c1-12-8-2-3-10-5-6(8)7(4-9)11-12/h10H,2-3,5H2,1H3. The van der Waals surface area contributed by atoms with Crippen LogP contribution in [0.25, 0.3) is 0 Å². The second kappa shape index (κ2) is 2.61. The molecule has 1 aromatic heterocycles. The SMILES string of the molecule is Cn1nc(C#N)c2c1CCNC2. The number of nitrogens with one attached hydrogen (secondary N) is 1. The molecular formula is C8H10N4.